The topological polar surface area (TPSA) is 99.5 Å². The molecular formula is C13H9FN2O4. The Morgan fingerprint density at radius 2 is 1.95 bits per heavy atom. The lowest BCUT2D eigenvalue weighted by Crippen LogP contribution is -2.14. The fourth-order valence-corrected chi connectivity index (χ4v) is 1.54. The molecule has 6 nitrogen and oxygen atoms in total. The Kier molecular flexibility index (Phi) is 3.60. The molecule has 1 aromatic heterocycles. The van der Waals surface area contributed by atoms with Crippen molar-refractivity contribution >= 4 is 17.6 Å². The molecular weight excluding hydrogens is 267 g/mol. The highest BCUT2D eigenvalue weighted by Crippen LogP contribution is 2.22. The fourth-order valence-electron chi connectivity index (χ4n) is 1.54. The van der Waals surface area contributed by atoms with Gasteiger partial charge in [-0.2, -0.15) is 0 Å². The molecule has 0 aliphatic heterocycles. The summed E-state index contributed by atoms with van der Waals surface area (Å²) >= 11 is 0. The van der Waals surface area contributed by atoms with Crippen LogP contribution in [0.1, 0.15) is 20.7 Å². The van der Waals surface area contributed by atoms with E-state index in [-0.39, 0.29) is 16.8 Å². The van der Waals surface area contributed by atoms with E-state index >= 15 is 0 Å². The van der Waals surface area contributed by atoms with Gasteiger partial charge in [0.25, 0.3) is 5.91 Å². The van der Waals surface area contributed by atoms with E-state index < -0.39 is 23.4 Å². The van der Waals surface area contributed by atoms with Crippen molar-refractivity contribution in [3.05, 3.63) is 53.6 Å². The molecule has 0 radical (unpaired) electrons. The number of carboxylic acid groups (broad SMARTS) is 1. The fraction of sp³-hybridized carbons (Fsp3) is 0. The Balaban J connectivity index is 2.27. The van der Waals surface area contributed by atoms with Crippen molar-refractivity contribution in [3.63, 3.8) is 0 Å². The van der Waals surface area contributed by atoms with Crippen LogP contribution in [0.3, 0.4) is 0 Å². The summed E-state index contributed by atoms with van der Waals surface area (Å²) in [7, 11) is 0. The zero-order chi connectivity index (χ0) is 14.7. The van der Waals surface area contributed by atoms with Gasteiger partial charge >= 0.3 is 5.97 Å². The van der Waals surface area contributed by atoms with Gasteiger partial charge in [0, 0.05) is 11.9 Å². The number of carboxylic acids is 1. The van der Waals surface area contributed by atoms with Gasteiger partial charge in [0.2, 0.25) is 0 Å². The van der Waals surface area contributed by atoms with Crippen LogP contribution in [0, 0.1) is 5.82 Å². The lowest BCUT2D eigenvalue weighted by Gasteiger charge is -2.07. The van der Waals surface area contributed by atoms with Gasteiger partial charge in [0.1, 0.15) is 11.3 Å². The van der Waals surface area contributed by atoms with Crippen molar-refractivity contribution in [2.75, 3.05) is 5.32 Å². The smallest absolute Gasteiger partial charge is 0.339 e. The van der Waals surface area contributed by atoms with Crippen LogP contribution < -0.4 is 5.32 Å². The number of nitrogens with zero attached hydrogens (tertiary/aromatic N) is 1. The molecule has 0 fully saturated rings. The maximum absolute atomic E-state index is 13.4. The van der Waals surface area contributed by atoms with E-state index in [9.17, 15) is 19.1 Å². The van der Waals surface area contributed by atoms with E-state index in [0.717, 1.165) is 18.3 Å². The molecule has 0 aliphatic rings. The average molecular weight is 276 g/mol. The molecule has 20 heavy (non-hydrogen) atoms. The molecule has 102 valence electrons. The third-order valence-electron chi connectivity index (χ3n) is 2.50. The Morgan fingerprint density at radius 1 is 1.20 bits per heavy atom. The summed E-state index contributed by atoms with van der Waals surface area (Å²) in [5, 5.41) is 20.5. The first-order chi connectivity index (χ1) is 9.49. The molecule has 2 aromatic rings. The van der Waals surface area contributed by atoms with Gasteiger partial charge in [-0.3, -0.25) is 9.78 Å². The molecule has 0 aliphatic carbocycles. The SMILES string of the molecule is O=C(O)c1cc(NC(=O)c2ccncc2F)ccc1O. The number of benzene rings is 1. The lowest BCUT2D eigenvalue weighted by atomic mass is 10.1. The second-order valence-corrected chi connectivity index (χ2v) is 3.85. The van der Waals surface area contributed by atoms with Crippen LogP contribution in [0.15, 0.2) is 36.7 Å². The Hall–Kier alpha value is -2.96. The molecule has 0 bridgehead atoms. The number of aromatic carboxylic acids is 1. The Morgan fingerprint density at radius 3 is 2.60 bits per heavy atom. The summed E-state index contributed by atoms with van der Waals surface area (Å²) in [4.78, 5) is 26.2. The van der Waals surface area contributed by atoms with Crippen molar-refractivity contribution in [1.29, 1.82) is 0 Å². The number of halogens is 1. The summed E-state index contributed by atoms with van der Waals surface area (Å²) in [6, 6.07) is 4.71. The molecule has 7 heteroatoms. The molecule has 1 heterocycles. The zero-order valence-electron chi connectivity index (χ0n) is 10.0. The predicted octanol–water partition coefficient (Wildman–Crippen LogP) is 1.88. The second-order valence-electron chi connectivity index (χ2n) is 3.85. The van der Waals surface area contributed by atoms with E-state index in [1.54, 1.807) is 0 Å². The van der Waals surface area contributed by atoms with Gasteiger partial charge in [-0.15, -0.1) is 0 Å². The van der Waals surface area contributed by atoms with Crippen LogP contribution in [0.2, 0.25) is 0 Å². The molecule has 0 spiro atoms. The summed E-state index contributed by atoms with van der Waals surface area (Å²) in [6.07, 6.45) is 2.16. The zero-order valence-corrected chi connectivity index (χ0v) is 10.0. The number of carbonyl (C=O) groups is 2. The lowest BCUT2D eigenvalue weighted by molar-refractivity contribution is 0.0693. The third kappa shape index (κ3) is 2.72. The number of phenols is 1. The molecule has 1 aromatic carbocycles. The maximum atomic E-state index is 13.4. The van der Waals surface area contributed by atoms with Gasteiger partial charge in [-0.25, -0.2) is 9.18 Å². The predicted molar refractivity (Wildman–Crippen MR) is 67.2 cm³/mol. The van der Waals surface area contributed by atoms with Gasteiger partial charge in [-0.05, 0) is 24.3 Å². The van der Waals surface area contributed by atoms with Gasteiger partial charge < -0.3 is 15.5 Å². The van der Waals surface area contributed by atoms with Crippen LogP contribution in [0.25, 0.3) is 0 Å². The van der Waals surface area contributed by atoms with Crippen LogP contribution in [0.4, 0.5) is 10.1 Å². The molecule has 0 saturated heterocycles. The quantitative estimate of drug-likeness (QED) is 0.743. The summed E-state index contributed by atoms with van der Waals surface area (Å²) in [6.45, 7) is 0. The van der Waals surface area contributed by atoms with Gasteiger partial charge in [-0.1, -0.05) is 0 Å². The van der Waals surface area contributed by atoms with Crippen LogP contribution in [-0.4, -0.2) is 27.1 Å². The summed E-state index contributed by atoms with van der Waals surface area (Å²) in [5.41, 5.74) is -0.454. The standard InChI is InChI=1S/C13H9FN2O4/c14-10-6-15-4-3-8(10)12(18)16-7-1-2-11(17)9(5-7)13(19)20/h1-6,17H,(H,16,18)(H,19,20). The number of anilines is 1. The van der Waals surface area contributed by atoms with Crippen molar-refractivity contribution < 1.29 is 24.2 Å². The molecule has 1 amide bonds. The number of aromatic nitrogens is 1. The minimum absolute atomic E-state index is 0.126. The number of hydrogen-bond acceptors (Lipinski definition) is 4. The van der Waals surface area contributed by atoms with Gasteiger partial charge in [0.15, 0.2) is 5.82 Å². The maximum Gasteiger partial charge on any atom is 0.339 e. The van der Waals surface area contributed by atoms with Crippen LogP contribution in [-0.2, 0) is 0 Å². The highest BCUT2D eigenvalue weighted by Gasteiger charge is 2.14. The van der Waals surface area contributed by atoms with Gasteiger partial charge in [0.05, 0.1) is 11.8 Å². The molecule has 0 atom stereocenters. The number of nitrogens with one attached hydrogen (secondary N) is 1. The second kappa shape index (κ2) is 5.35. The molecule has 3 N–H and O–H groups in total. The van der Waals surface area contributed by atoms with E-state index in [0.29, 0.717) is 0 Å². The molecule has 2 rings (SSSR count). The number of aromatic hydroxyl groups is 1. The number of hydrogen-bond donors (Lipinski definition) is 3. The minimum atomic E-state index is -1.34. The van der Waals surface area contributed by atoms with E-state index in [2.05, 4.69) is 10.3 Å². The largest absolute Gasteiger partial charge is 0.507 e. The molecule has 0 unspecified atom stereocenters. The van der Waals surface area contributed by atoms with E-state index in [4.69, 9.17) is 5.11 Å². The minimum Gasteiger partial charge on any atom is -0.507 e. The molecule has 0 saturated carbocycles. The highest BCUT2D eigenvalue weighted by molar-refractivity contribution is 6.05. The average Bonchev–Trinajstić information content (AvgIpc) is 2.41. The summed E-state index contributed by atoms with van der Waals surface area (Å²) < 4.78 is 13.4. The third-order valence-corrected chi connectivity index (χ3v) is 2.50. The normalized spacial score (nSPS) is 10.1. The van der Waals surface area contributed by atoms with E-state index in [1.165, 1.54) is 18.3 Å². The number of rotatable bonds is 3. The summed E-state index contributed by atoms with van der Waals surface area (Å²) in [5.74, 6) is -3.30. The number of amides is 1. The Bertz CT molecular complexity index is 688. The highest BCUT2D eigenvalue weighted by atomic mass is 19.1. The first-order valence-corrected chi connectivity index (χ1v) is 5.46. The van der Waals surface area contributed by atoms with E-state index in [1.807, 2.05) is 0 Å². The van der Waals surface area contributed by atoms with Crippen LogP contribution in [0.5, 0.6) is 5.75 Å². The monoisotopic (exact) mass is 276 g/mol. The van der Waals surface area contributed by atoms with Crippen LogP contribution >= 0.6 is 0 Å². The van der Waals surface area contributed by atoms with Crippen molar-refractivity contribution in [1.82, 2.24) is 4.98 Å². The first-order valence-electron chi connectivity index (χ1n) is 5.46. The number of carbonyl (C=O) groups excluding carboxylic acids is 1. The number of pyridine rings is 1. The first kappa shape index (κ1) is 13.5. The van der Waals surface area contributed by atoms with Crippen molar-refractivity contribution in [2.24, 2.45) is 0 Å². The Labute approximate surface area is 112 Å². The van der Waals surface area contributed by atoms with Crippen molar-refractivity contribution in [2.45, 2.75) is 0 Å². The van der Waals surface area contributed by atoms with Crippen molar-refractivity contribution in [3.8, 4) is 5.75 Å².